The van der Waals surface area contributed by atoms with Crippen LogP contribution in [0.4, 0.5) is 5.69 Å². The summed E-state index contributed by atoms with van der Waals surface area (Å²) in [5.41, 5.74) is 3.76. The van der Waals surface area contributed by atoms with Gasteiger partial charge in [-0.05, 0) is 66.3 Å². The second kappa shape index (κ2) is 15.9. The lowest BCUT2D eigenvalue weighted by atomic mass is 10.0. The van der Waals surface area contributed by atoms with Crippen molar-refractivity contribution in [3.63, 3.8) is 0 Å². The Labute approximate surface area is 278 Å². The second-order valence-corrected chi connectivity index (χ2v) is 14.1. The second-order valence-electron chi connectivity index (χ2n) is 11.8. The third-order valence-corrected chi connectivity index (χ3v) is 9.78. The van der Waals surface area contributed by atoms with E-state index in [1.54, 1.807) is 60.7 Å². The van der Waals surface area contributed by atoms with E-state index >= 15 is 0 Å². The fourth-order valence-corrected chi connectivity index (χ4v) is 6.74. The Morgan fingerprint density at radius 2 is 1.46 bits per heavy atom. The van der Waals surface area contributed by atoms with E-state index in [1.807, 2.05) is 70.2 Å². The Bertz CT molecular complexity index is 1710. The normalized spacial score (nSPS) is 12.0. The molecule has 0 aromatic heterocycles. The van der Waals surface area contributed by atoms with Crippen LogP contribution in [0.5, 0.6) is 0 Å². The highest BCUT2D eigenvalue weighted by atomic mass is 35.5. The van der Waals surface area contributed by atoms with Gasteiger partial charge in [-0.15, -0.1) is 0 Å². The molecular formula is C37H42ClN3O4S. The number of hydrogen-bond donors (Lipinski definition) is 1. The molecule has 0 heterocycles. The summed E-state index contributed by atoms with van der Waals surface area (Å²) in [6, 6.07) is 29.5. The van der Waals surface area contributed by atoms with Gasteiger partial charge in [0.25, 0.3) is 10.0 Å². The summed E-state index contributed by atoms with van der Waals surface area (Å²) < 4.78 is 29.8. The van der Waals surface area contributed by atoms with E-state index < -0.39 is 28.5 Å². The van der Waals surface area contributed by atoms with Gasteiger partial charge in [-0.25, -0.2) is 8.42 Å². The lowest BCUT2D eigenvalue weighted by molar-refractivity contribution is -0.140. The van der Waals surface area contributed by atoms with E-state index in [0.717, 1.165) is 22.3 Å². The number of sulfonamides is 1. The third kappa shape index (κ3) is 8.98. The summed E-state index contributed by atoms with van der Waals surface area (Å²) in [5, 5.41) is 3.56. The molecule has 9 heteroatoms. The molecule has 242 valence electrons. The number of anilines is 1. The Morgan fingerprint density at radius 3 is 2.09 bits per heavy atom. The summed E-state index contributed by atoms with van der Waals surface area (Å²) >= 11 is 6.17. The van der Waals surface area contributed by atoms with Crippen LogP contribution in [0, 0.1) is 12.8 Å². The largest absolute Gasteiger partial charge is 0.354 e. The zero-order chi connectivity index (χ0) is 33.3. The van der Waals surface area contributed by atoms with E-state index in [-0.39, 0.29) is 29.7 Å². The van der Waals surface area contributed by atoms with Crippen molar-refractivity contribution in [1.82, 2.24) is 10.2 Å². The number of hydrogen-bond acceptors (Lipinski definition) is 4. The lowest BCUT2D eigenvalue weighted by Crippen LogP contribution is -2.53. The van der Waals surface area contributed by atoms with Crippen molar-refractivity contribution in [2.45, 2.75) is 58.0 Å². The predicted octanol–water partition coefficient (Wildman–Crippen LogP) is 6.82. The molecule has 0 fully saturated rings. The first-order chi connectivity index (χ1) is 22.0. The maximum Gasteiger partial charge on any atom is 0.264 e. The van der Waals surface area contributed by atoms with Crippen molar-refractivity contribution in [1.29, 1.82) is 0 Å². The van der Waals surface area contributed by atoms with Crippen LogP contribution in [0.1, 0.15) is 43.0 Å². The summed E-state index contributed by atoms with van der Waals surface area (Å²) in [4.78, 5) is 30.1. The number of carbonyl (C=O) groups excluding carboxylic acids is 2. The summed E-state index contributed by atoms with van der Waals surface area (Å²) in [7, 11) is -4.17. The number of amides is 2. The van der Waals surface area contributed by atoms with Crippen LogP contribution in [0.25, 0.3) is 0 Å². The average molecular weight is 660 g/mol. The van der Waals surface area contributed by atoms with Crippen molar-refractivity contribution >= 4 is 39.1 Å². The van der Waals surface area contributed by atoms with Gasteiger partial charge in [0.15, 0.2) is 0 Å². The molecule has 0 saturated heterocycles. The van der Waals surface area contributed by atoms with Crippen molar-refractivity contribution in [2.75, 3.05) is 17.4 Å². The highest BCUT2D eigenvalue weighted by Gasteiger charge is 2.35. The van der Waals surface area contributed by atoms with Crippen LogP contribution in [0.15, 0.2) is 108 Å². The van der Waals surface area contributed by atoms with Gasteiger partial charge in [0.2, 0.25) is 11.8 Å². The fraction of sp³-hybridized carbons (Fsp3) is 0.297. The van der Waals surface area contributed by atoms with E-state index in [0.29, 0.717) is 23.7 Å². The van der Waals surface area contributed by atoms with Gasteiger partial charge in [0.05, 0.1) is 10.6 Å². The number of nitrogens with zero attached hydrogens (tertiary/aromatic N) is 2. The Morgan fingerprint density at radius 1 is 0.826 bits per heavy atom. The minimum absolute atomic E-state index is 0.0798. The van der Waals surface area contributed by atoms with Gasteiger partial charge in [0.1, 0.15) is 12.6 Å². The van der Waals surface area contributed by atoms with E-state index in [1.165, 1.54) is 9.21 Å². The van der Waals surface area contributed by atoms with Gasteiger partial charge in [-0.2, -0.15) is 0 Å². The predicted molar refractivity (Wildman–Crippen MR) is 185 cm³/mol. The van der Waals surface area contributed by atoms with Crippen molar-refractivity contribution in [2.24, 2.45) is 5.92 Å². The number of para-hydroxylation sites is 1. The Balaban J connectivity index is 1.82. The first kappa shape index (κ1) is 34.7. The molecule has 0 spiro atoms. The number of carbonyl (C=O) groups is 2. The maximum atomic E-state index is 14.6. The monoisotopic (exact) mass is 659 g/mol. The molecule has 0 bridgehead atoms. The van der Waals surface area contributed by atoms with Crippen LogP contribution >= 0.6 is 11.6 Å². The SMILES string of the molecule is CCc1ccccc1N(CC(=O)N(Cc1ccc(Cl)cc1)[C@H](Cc1ccccc1)C(=O)NCC(C)C)S(=O)(=O)c1ccc(C)cc1. The lowest BCUT2D eigenvalue weighted by Gasteiger charge is -2.34. The first-order valence-electron chi connectivity index (χ1n) is 15.5. The molecule has 0 aliphatic rings. The average Bonchev–Trinajstić information content (AvgIpc) is 3.05. The molecule has 1 N–H and O–H groups in total. The van der Waals surface area contributed by atoms with Crippen molar-refractivity contribution in [3.8, 4) is 0 Å². The molecular weight excluding hydrogens is 618 g/mol. The highest BCUT2D eigenvalue weighted by molar-refractivity contribution is 7.92. The number of halogens is 1. The quantitative estimate of drug-likeness (QED) is 0.161. The molecule has 4 aromatic carbocycles. The molecule has 2 amide bonds. The summed E-state index contributed by atoms with van der Waals surface area (Å²) in [6.07, 6.45) is 0.813. The van der Waals surface area contributed by atoms with E-state index in [2.05, 4.69) is 5.32 Å². The smallest absolute Gasteiger partial charge is 0.264 e. The van der Waals surface area contributed by atoms with Crippen molar-refractivity contribution in [3.05, 3.63) is 130 Å². The van der Waals surface area contributed by atoms with Gasteiger partial charge in [0, 0.05) is 24.5 Å². The first-order valence-corrected chi connectivity index (χ1v) is 17.3. The van der Waals surface area contributed by atoms with Crippen LogP contribution in [0.2, 0.25) is 5.02 Å². The maximum absolute atomic E-state index is 14.6. The molecule has 1 atom stereocenters. The molecule has 0 aliphatic carbocycles. The van der Waals surface area contributed by atoms with Gasteiger partial charge >= 0.3 is 0 Å². The minimum atomic E-state index is -4.17. The number of benzene rings is 4. The minimum Gasteiger partial charge on any atom is -0.354 e. The Hall–Kier alpha value is -4.14. The molecule has 0 aliphatic heterocycles. The van der Waals surface area contributed by atoms with Crippen molar-refractivity contribution < 1.29 is 18.0 Å². The standard InChI is InChI=1S/C37H42ClN3O4S/c1-5-31-13-9-10-14-34(31)41(46(44,45)33-21-15-28(4)16-22-33)26-36(42)40(25-30-17-19-32(38)20-18-30)35(37(43)39-24-27(2)3)23-29-11-7-6-8-12-29/h6-22,27,35H,5,23-26H2,1-4H3,(H,39,43)/t35-/m1/s1. The summed E-state index contributed by atoms with van der Waals surface area (Å²) in [6.45, 7) is 7.85. The Kier molecular flexibility index (Phi) is 12.0. The molecule has 4 rings (SSSR count). The van der Waals surface area contributed by atoms with Crippen LogP contribution in [0.3, 0.4) is 0 Å². The zero-order valence-electron chi connectivity index (χ0n) is 26.8. The molecule has 0 radical (unpaired) electrons. The molecule has 4 aromatic rings. The molecule has 0 unspecified atom stereocenters. The molecule has 0 saturated carbocycles. The van der Waals surface area contributed by atoms with Crippen LogP contribution < -0.4 is 9.62 Å². The van der Waals surface area contributed by atoms with E-state index in [9.17, 15) is 18.0 Å². The van der Waals surface area contributed by atoms with Gasteiger partial charge in [-0.1, -0.05) is 111 Å². The van der Waals surface area contributed by atoms with Crippen LogP contribution in [-0.2, 0) is 39.0 Å². The third-order valence-electron chi connectivity index (χ3n) is 7.75. The zero-order valence-corrected chi connectivity index (χ0v) is 28.4. The molecule has 46 heavy (non-hydrogen) atoms. The number of rotatable bonds is 14. The summed E-state index contributed by atoms with van der Waals surface area (Å²) in [5.74, 6) is -0.610. The van der Waals surface area contributed by atoms with E-state index in [4.69, 9.17) is 11.6 Å². The topological polar surface area (TPSA) is 86.8 Å². The van der Waals surface area contributed by atoms with Gasteiger partial charge in [-0.3, -0.25) is 13.9 Å². The molecule has 7 nitrogen and oxygen atoms in total. The number of nitrogens with one attached hydrogen (secondary N) is 1. The fourth-order valence-electron chi connectivity index (χ4n) is 5.17. The van der Waals surface area contributed by atoms with Crippen LogP contribution in [-0.4, -0.2) is 44.3 Å². The number of aryl methyl sites for hydroxylation is 2. The van der Waals surface area contributed by atoms with Gasteiger partial charge < -0.3 is 10.2 Å². The highest BCUT2D eigenvalue weighted by Crippen LogP contribution is 2.29.